The summed E-state index contributed by atoms with van der Waals surface area (Å²) in [5, 5.41) is 2.54. The summed E-state index contributed by atoms with van der Waals surface area (Å²) in [4.78, 5) is 11.3. The van der Waals surface area contributed by atoms with Crippen molar-refractivity contribution in [3.05, 3.63) is 47.0 Å². The van der Waals surface area contributed by atoms with Crippen LogP contribution in [0.3, 0.4) is 0 Å². The fraction of sp³-hybridized carbons (Fsp3) is 0.133. The largest absolute Gasteiger partial charge is 0.477 e. The van der Waals surface area contributed by atoms with E-state index in [4.69, 9.17) is 16.3 Å². The van der Waals surface area contributed by atoms with Crippen LogP contribution in [0.15, 0.2) is 35.2 Å². The van der Waals surface area contributed by atoms with Gasteiger partial charge in [-0.15, -0.1) is 0 Å². The second-order valence-electron chi connectivity index (χ2n) is 5.26. The summed E-state index contributed by atoms with van der Waals surface area (Å²) >= 11 is 5.91. The van der Waals surface area contributed by atoms with Crippen molar-refractivity contribution in [2.24, 2.45) is 0 Å². The van der Waals surface area contributed by atoms with Crippen LogP contribution in [0, 0.1) is 11.6 Å². The van der Waals surface area contributed by atoms with Crippen molar-refractivity contribution >= 4 is 38.9 Å². The Morgan fingerprint density at radius 3 is 2.60 bits per heavy atom. The van der Waals surface area contributed by atoms with Gasteiger partial charge in [0.25, 0.3) is 15.9 Å². The number of hydrogen-bond acceptors (Lipinski definition) is 4. The third-order valence-electron chi connectivity index (χ3n) is 3.40. The summed E-state index contributed by atoms with van der Waals surface area (Å²) in [5.41, 5.74) is -0.0817. The lowest BCUT2D eigenvalue weighted by atomic mass is 10.2. The lowest BCUT2D eigenvalue weighted by molar-refractivity contribution is -0.122. The van der Waals surface area contributed by atoms with E-state index in [0.717, 1.165) is 18.2 Å². The van der Waals surface area contributed by atoms with E-state index in [0.29, 0.717) is 6.07 Å². The molecule has 2 aromatic carbocycles. The van der Waals surface area contributed by atoms with E-state index in [1.165, 1.54) is 13.0 Å². The molecule has 0 aliphatic carbocycles. The van der Waals surface area contributed by atoms with Gasteiger partial charge < -0.3 is 10.1 Å². The molecule has 6 nitrogen and oxygen atoms in total. The number of hydrogen-bond donors (Lipinski definition) is 2. The van der Waals surface area contributed by atoms with Crippen LogP contribution in [0.2, 0.25) is 5.02 Å². The van der Waals surface area contributed by atoms with Crippen LogP contribution in [-0.4, -0.2) is 20.4 Å². The number of carbonyl (C=O) groups is 1. The fourth-order valence-electron chi connectivity index (χ4n) is 2.22. The second-order valence-corrected chi connectivity index (χ2v) is 7.35. The van der Waals surface area contributed by atoms with E-state index >= 15 is 0 Å². The molecule has 2 N–H and O–H groups in total. The first kappa shape index (κ1) is 17.4. The molecule has 1 atom stereocenters. The van der Waals surface area contributed by atoms with Crippen molar-refractivity contribution in [2.45, 2.75) is 17.9 Å². The molecule has 1 unspecified atom stereocenters. The van der Waals surface area contributed by atoms with Gasteiger partial charge in [-0.25, -0.2) is 17.2 Å². The normalized spacial score (nSPS) is 16.6. The summed E-state index contributed by atoms with van der Waals surface area (Å²) < 4.78 is 59.0. The van der Waals surface area contributed by atoms with Crippen LogP contribution in [0.25, 0.3) is 0 Å². The number of carbonyl (C=O) groups excluding carboxylic acids is 1. The van der Waals surface area contributed by atoms with Gasteiger partial charge in [0.05, 0.1) is 11.4 Å². The minimum Gasteiger partial charge on any atom is -0.477 e. The number of anilines is 2. The van der Waals surface area contributed by atoms with Crippen molar-refractivity contribution in [3.63, 3.8) is 0 Å². The van der Waals surface area contributed by atoms with E-state index in [2.05, 4.69) is 10.0 Å². The summed E-state index contributed by atoms with van der Waals surface area (Å²) in [6.07, 6.45) is -0.911. The Hall–Kier alpha value is -2.39. The standard InChI is InChI=1S/C15H11ClF2N2O4S/c1-7-15(21)19-12-4-8(16)5-13(14(12)24-7)25(22,23)20-9-2-3-10(17)11(18)6-9/h2-7,20H,1H3,(H,19,21). The molecule has 0 saturated carbocycles. The lowest BCUT2D eigenvalue weighted by Gasteiger charge is -2.25. The molecule has 0 aromatic heterocycles. The number of halogens is 3. The van der Waals surface area contributed by atoms with Crippen LogP contribution < -0.4 is 14.8 Å². The number of ether oxygens (including phenoxy) is 1. The van der Waals surface area contributed by atoms with Crippen molar-refractivity contribution in [1.82, 2.24) is 0 Å². The summed E-state index contributed by atoms with van der Waals surface area (Å²) in [6.45, 7) is 1.45. The number of amides is 1. The number of nitrogens with one attached hydrogen (secondary N) is 2. The maximum absolute atomic E-state index is 13.3. The van der Waals surface area contributed by atoms with Crippen molar-refractivity contribution in [2.75, 3.05) is 10.0 Å². The van der Waals surface area contributed by atoms with Gasteiger partial charge in [0, 0.05) is 11.1 Å². The Labute approximate surface area is 146 Å². The number of sulfonamides is 1. The van der Waals surface area contributed by atoms with Gasteiger partial charge in [-0.2, -0.15) is 0 Å². The van der Waals surface area contributed by atoms with E-state index < -0.39 is 33.7 Å². The van der Waals surface area contributed by atoms with Gasteiger partial charge in [0.2, 0.25) is 0 Å². The molecule has 0 fully saturated rings. The third-order valence-corrected chi connectivity index (χ3v) is 5.01. The average Bonchev–Trinajstić information content (AvgIpc) is 2.51. The molecule has 132 valence electrons. The van der Waals surface area contributed by atoms with Gasteiger partial charge in [0.1, 0.15) is 4.90 Å². The van der Waals surface area contributed by atoms with Crippen molar-refractivity contribution in [3.8, 4) is 5.75 Å². The topological polar surface area (TPSA) is 84.5 Å². The molecular formula is C15H11ClF2N2O4S. The highest BCUT2D eigenvalue weighted by Gasteiger charge is 2.31. The molecule has 0 spiro atoms. The Morgan fingerprint density at radius 2 is 1.92 bits per heavy atom. The zero-order chi connectivity index (χ0) is 18.4. The Bertz CT molecular complexity index is 982. The van der Waals surface area contributed by atoms with E-state index in [-0.39, 0.29) is 27.0 Å². The molecular weight excluding hydrogens is 378 g/mol. The van der Waals surface area contributed by atoms with Gasteiger partial charge in [0.15, 0.2) is 23.5 Å². The SMILES string of the molecule is CC1Oc2c(cc(Cl)cc2S(=O)(=O)Nc2ccc(F)c(F)c2)NC1=O. The van der Waals surface area contributed by atoms with Crippen LogP contribution in [0.4, 0.5) is 20.2 Å². The molecule has 10 heteroatoms. The number of fused-ring (bicyclic) bond motifs is 1. The minimum atomic E-state index is -4.25. The number of rotatable bonds is 3. The average molecular weight is 389 g/mol. The van der Waals surface area contributed by atoms with Gasteiger partial charge in [-0.05, 0) is 31.2 Å². The maximum atomic E-state index is 13.3. The lowest BCUT2D eigenvalue weighted by Crippen LogP contribution is -2.35. The quantitative estimate of drug-likeness (QED) is 0.846. The molecule has 0 saturated heterocycles. The van der Waals surface area contributed by atoms with Crippen molar-refractivity contribution in [1.29, 1.82) is 0 Å². The van der Waals surface area contributed by atoms with Crippen LogP contribution in [0.1, 0.15) is 6.92 Å². The highest BCUT2D eigenvalue weighted by Crippen LogP contribution is 2.39. The molecule has 1 aliphatic heterocycles. The van der Waals surface area contributed by atoms with E-state index in [1.54, 1.807) is 0 Å². The van der Waals surface area contributed by atoms with E-state index in [1.807, 2.05) is 0 Å². The molecule has 3 rings (SSSR count). The summed E-state index contributed by atoms with van der Waals surface area (Å²) in [7, 11) is -4.25. The molecule has 0 radical (unpaired) electrons. The molecule has 0 bridgehead atoms. The van der Waals surface area contributed by atoms with Gasteiger partial charge in [-0.3, -0.25) is 9.52 Å². The smallest absolute Gasteiger partial charge is 0.265 e. The predicted molar refractivity (Wildman–Crippen MR) is 87.3 cm³/mol. The molecule has 1 heterocycles. The van der Waals surface area contributed by atoms with Crippen molar-refractivity contribution < 1.29 is 26.7 Å². The summed E-state index contributed by atoms with van der Waals surface area (Å²) in [6, 6.07) is 5.04. The van der Waals surface area contributed by atoms with Gasteiger partial charge in [-0.1, -0.05) is 11.6 Å². The first-order valence-electron chi connectivity index (χ1n) is 6.96. The van der Waals surface area contributed by atoms with Crippen LogP contribution in [-0.2, 0) is 14.8 Å². The Kier molecular flexibility index (Phi) is 4.29. The maximum Gasteiger partial charge on any atom is 0.265 e. The third kappa shape index (κ3) is 3.38. The van der Waals surface area contributed by atoms with Gasteiger partial charge >= 0.3 is 0 Å². The van der Waals surface area contributed by atoms with Crippen LogP contribution in [0.5, 0.6) is 5.75 Å². The highest BCUT2D eigenvalue weighted by molar-refractivity contribution is 7.92. The minimum absolute atomic E-state index is 0.0443. The monoisotopic (exact) mass is 388 g/mol. The molecule has 1 amide bonds. The molecule has 1 aliphatic rings. The molecule has 2 aromatic rings. The highest BCUT2D eigenvalue weighted by atomic mass is 35.5. The zero-order valence-corrected chi connectivity index (χ0v) is 14.2. The first-order chi connectivity index (χ1) is 11.7. The fourth-order valence-corrected chi connectivity index (χ4v) is 3.73. The first-order valence-corrected chi connectivity index (χ1v) is 8.82. The predicted octanol–water partition coefficient (Wildman–Crippen LogP) is 3.14. The Morgan fingerprint density at radius 1 is 1.20 bits per heavy atom. The zero-order valence-electron chi connectivity index (χ0n) is 12.6. The van der Waals surface area contributed by atoms with E-state index in [9.17, 15) is 22.0 Å². The molecule has 25 heavy (non-hydrogen) atoms. The Balaban J connectivity index is 2.05. The second kappa shape index (κ2) is 6.16. The number of benzene rings is 2. The van der Waals surface area contributed by atoms with Crippen LogP contribution >= 0.6 is 11.6 Å². The summed E-state index contributed by atoms with van der Waals surface area (Å²) in [5.74, 6) is -2.85.